The average molecular weight is 868 g/mol. The molecule has 65 heavy (non-hydrogen) atoms. The van der Waals surface area contributed by atoms with E-state index in [2.05, 4.69) is 208 Å². The van der Waals surface area contributed by atoms with E-state index in [1.165, 1.54) is 72.2 Å². The topological polar surface area (TPSA) is 25.8 Å². The molecule has 0 radical (unpaired) electrons. The molecule has 0 N–H and O–H groups in total. The van der Waals surface area contributed by atoms with Crippen LogP contribution in [0.2, 0.25) is 19.6 Å². The van der Waals surface area contributed by atoms with Crippen LogP contribution in [0.3, 0.4) is 0 Å². The smallest absolute Gasteiger partial charge is 0.304 e. The van der Waals surface area contributed by atoms with Crippen molar-refractivity contribution < 1.29 is 13.6 Å². The number of hydrogen-bond acceptors (Lipinski definition) is 1. The highest BCUT2D eigenvalue weighted by Gasteiger charge is 2.45. The van der Waals surface area contributed by atoms with Crippen molar-refractivity contribution in [3.8, 4) is 39.5 Å². The lowest BCUT2D eigenvalue weighted by Gasteiger charge is -2.33. The highest BCUT2D eigenvalue weighted by atomic mass is 28.3. The molecule has 2 unspecified atom stereocenters. The second-order valence-corrected chi connectivity index (χ2v) is 25.5. The number of para-hydroxylation sites is 4. The van der Waals surface area contributed by atoms with Gasteiger partial charge in [-0.2, -0.15) is 13.7 Å². The van der Waals surface area contributed by atoms with Gasteiger partial charge in [0.05, 0.1) is 14.5 Å². The van der Waals surface area contributed by atoms with Gasteiger partial charge in [0.2, 0.25) is 5.69 Å². The van der Waals surface area contributed by atoms with Crippen molar-refractivity contribution in [2.45, 2.75) is 104 Å². The molecule has 0 aliphatic carbocycles. The van der Waals surface area contributed by atoms with Crippen molar-refractivity contribution in [1.29, 1.82) is 0 Å². The summed E-state index contributed by atoms with van der Waals surface area (Å²) in [5.74, 6) is 1.99. The van der Waals surface area contributed by atoms with Gasteiger partial charge in [0, 0.05) is 44.6 Å². The normalized spacial score (nSPS) is 16.2. The third kappa shape index (κ3) is 6.60. The highest BCUT2D eigenvalue weighted by molar-refractivity contribution is 6.89. The molecule has 0 spiro atoms. The Balaban J connectivity index is 1.23. The molecule has 2 atom stereocenters. The Kier molecular flexibility index (Phi) is 10.00. The molecule has 2 aliphatic heterocycles. The third-order valence-corrected chi connectivity index (χ3v) is 16.8. The average Bonchev–Trinajstić information content (AvgIpc) is 3.86. The van der Waals surface area contributed by atoms with Gasteiger partial charge in [-0.3, -0.25) is 0 Å². The van der Waals surface area contributed by atoms with Crippen LogP contribution in [-0.2, 0) is 12.8 Å². The monoisotopic (exact) mass is 867 g/mol. The second kappa shape index (κ2) is 15.7. The van der Waals surface area contributed by atoms with E-state index >= 15 is 0 Å². The predicted octanol–water partition coefficient (Wildman–Crippen LogP) is 14.6. The number of aryl methyl sites for hydroxylation is 2. The van der Waals surface area contributed by atoms with Crippen LogP contribution in [0, 0.1) is 0 Å². The molecule has 6 aromatic carbocycles. The lowest BCUT2D eigenvalue weighted by molar-refractivity contribution is -0.716. The summed E-state index contributed by atoms with van der Waals surface area (Å²) in [4.78, 5) is 0. The van der Waals surface area contributed by atoms with E-state index in [4.69, 9.17) is 11.0 Å². The lowest BCUT2D eigenvalue weighted by atomic mass is 9.77. The number of hydrogen-bond donors (Lipinski definition) is 0. The zero-order chi connectivity index (χ0) is 44.9. The molecule has 5 heterocycles. The Morgan fingerprint density at radius 2 is 1.46 bits per heavy atom. The lowest BCUT2D eigenvalue weighted by Crippen LogP contribution is -2.53. The van der Waals surface area contributed by atoms with Crippen LogP contribution in [0.4, 0.5) is 0 Å². The molecular weight excluding hydrogens is 807 g/mol. The fourth-order valence-corrected chi connectivity index (χ4v) is 13.0. The van der Waals surface area contributed by atoms with Crippen molar-refractivity contribution in [2.75, 3.05) is 0 Å². The zero-order valence-electron chi connectivity index (χ0n) is 39.4. The van der Waals surface area contributed by atoms with Crippen LogP contribution in [0.5, 0.6) is 0 Å². The molecule has 5 heteroatoms. The molecule has 0 amide bonds. The van der Waals surface area contributed by atoms with E-state index in [1.54, 1.807) is 0 Å². The maximum Gasteiger partial charge on any atom is 0.304 e. The first-order valence-electron chi connectivity index (χ1n) is 24.0. The number of allylic oxidation sites excluding steroid dienone is 1. The van der Waals surface area contributed by atoms with Crippen molar-refractivity contribution in [2.24, 2.45) is 0 Å². The highest BCUT2D eigenvalue weighted by Crippen LogP contribution is 2.48. The molecular formula is C60H61N3OSi+2. The Morgan fingerprint density at radius 3 is 2.20 bits per heavy atom. The molecule has 2 aliphatic rings. The van der Waals surface area contributed by atoms with Gasteiger partial charge >= 0.3 is 5.82 Å². The molecule has 3 aromatic heterocycles. The molecule has 0 saturated carbocycles. The summed E-state index contributed by atoms with van der Waals surface area (Å²) in [5.41, 5.74) is 19.8. The number of nitrogens with zero attached hydrogens (tertiary/aromatic N) is 3. The van der Waals surface area contributed by atoms with Crippen molar-refractivity contribution >= 4 is 51.9 Å². The Bertz CT molecular complexity index is 3330. The van der Waals surface area contributed by atoms with Crippen molar-refractivity contribution in [3.05, 3.63) is 174 Å². The minimum atomic E-state index is -1.86. The summed E-state index contributed by atoms with van der Waals surface area (Å²) >= 11 is 0. The minimum absolute atomic E-state index is 0.145. The summed E-state index contributed by atoms with van der Waals surface area (Å²) in [6.45, 7) is 24.3. The second-order valence-electron chi connectivity index (χ2n) is 20.4. The Morgan fingerprint density at radius 1 is 0.754 bits per heavy atom. The van der Waals surface area contributed by atoms with Crippen molar-refractivity contribution in [3.63, 3.8) is 0 Å². The first-order valence-corrected chi connectivity index (χ1v) is 27.5. The van der Waals surface area contributed by atoms with Crippen LogP contribution in [0.1, 0.15) is 99.1 Å². The summed E-state index contributed by atoms with van der Waals surface area (Å²) in [7, 11) is -1.86. The number of rotatable bonds is 6. The number of furan rings is 1. The number of aromatic nitrogens is 3. The number of imidazole rings is 1. The van der Waals surface area contributed by atoms with Crippen LogP contribution >= 0.6 is 0 Å². The molecule has 9 aromatic rings. The standard InChI is InChI=1S/C60H61N3OSi/c1-10-40-26-28-41(29-27-40)50-35-54-46-19-12-11-18-45(46)47-32-30-42-31-33-49-48-20-13-16-25-55(48)64-59(49)57(42)60-62(39(6)34-53(47)61(54)36-56(50)65(7,8)9)51-23-14-15-24-52(51)63(60)58-43(37(2)3)21-17-22-44(58)38(4)5/h11-29,31,33,35-38,47,53H,6,10,30,32,34H2,1-5,7-9H3/q+2. The fraction of sp³-hybridized carbons (Fsp3) is 0.267. The van der Waals surface area contributed by atoms with Gasteiger partial charge in [-0.1, -0.05) is 164 Å². The molecule has 0 saturated heterocycles. The van der Waals surface area contributed by atoms with E-state index < -0.39 is 8.07 Å². The molecule has 0 fully saturated rings. The maximum absolute atomic E-state index is 7.11. The number of pyridine rings is 1. The number of benzene rings is 6. The predicted molar refractivity (Wildman–Crippen MR) is 274 cm³/mol. The summed E-state index contributed by atoms with van der Waals surface area (Å²) < 4.78 is 15.0. The van der Waals surface area contributed by atoms with Gasteiger partial charge in [0.1, 0.15) is 22.5 Å². The minimum Gasteiger partial charge on any atom is -0.455 e. The van der Waals surface area contributed by atoms with Crippen molar-refractivity contribution in [1.82, 2.24) is 4.57 Å². The summed E-state index contributed by atoms with van der Waals surface area (Å²) in [6, 6.07) is 50.6. The molecule has 4 nitrogen and oxygen atoms in total. The maximum atomic E-state index is 7.11. The van der Waals surface area contributed by atoms with Gasteiger partial charge in [-0.05, 0) is 83.2 Å². The molecule has 0 bridgehead atoms. The first-order chi connectivity index (χ1) is 31.4. The number of fused-ring (bicyclic) bond motifs is 15. The van der Waals surface area contributed by atoms with Gasteiger partial charge in [0.25, 0.3) is 0 Å². The van der Waals surface area contributed by atoms with E-state index in [1.807, 2.05) is 0 Å². The quantitative estimate of drug-likeness (QED) is 0.121. The largest absolute Gasteiger partial charge is 0.455 e. The zero-order valence-corrected chi connectivity index (χ0v) is 40.4. The van der Waals surface area contributed by atoms with E-state index in [-0.39, 0.29) is 12.0 Å². The molecule has 11 rings (SSSR count). The van der Waals surface area contributed by atoms with Gasteiger partial charge in [-0.25, -0.2) is 0 Å². The molecule has 324 valence electrons. The van der Waals surface area contributed by atoms with E-state index in [0.717, 1.165) is 64.7 Å². The van der Waals surface area contributed by atoms with Crippen LogP contribution in [0.25, 0.3) is 78.1 Å². The van der Waals surface area contributed by atoms with Crippen LogP contribution in [0.15, 0.2) is 151 Å². The van der Waals surface area contributed by atoms with E-state index in [0.29, 0.717) is 11.8 Å². The van der Waals surface area contributed by atoms with Gasteiger partial charge < -0.3 is 4.42 Å². The van der Waals surface area contributed by atoms with E-state index in [9.17, 15) is 0 Å². The fourth-order valence-electron chi connectivity index (χ4n) is 11.5. The Labute approximate surface area is 385 Å². The van der Waals surface area contributed by atoms with Gasteiger partial charge in [0.15, 0.2) is 28.9 Å². The van der Waals surface area contributed by atoms with Crippen LogP contribution in [-0.4, -0.2) is 12.6 Å². The first kappa shape index (κ1) is 41.4. The third-order valence-electron chi connectivity index (χ3n) is 14.8. The Hall–Kier alpha value is -6.30. The summed E-state index contributed by atoms with van der Waals surface area (Å²) in [6.07, 6.45) is 6.30. The van der Waals surface area contributed by atoms with Gasteiger partial charge in [-0.15, -0.1) is 0 Å². The summed E-state index contributed by atoms with van der Waals surface area (Å²) in [5, 5.41) is 3.80. The van der Waals surface area contributed by atoms with Crippen LogP contribution < -0.4 is 14.3 Å². The SMILES string of the molecule is C=C1CC2C(CCc3ccc4c(oc5ccccc54)c3-c3n1c1ccccc1[n+]3-c1c(C(C)C)cccc1C(C)C)c1ccccc1-c1cc(-c3ccc(CC)cc3)c([Si](C)(C)C)c[n+]12.